The summed E-state index contributed by atoms with van der Waals surface area (Å²) < 4.78 is 0. The van der Waals surface area contributed by atoms with Crippen LogP contribution in [0.15, 0.2) is 12.1 Å². The van der Waals surface area contributed by atoms with Gasteiger partial charge in [-0.05, 0) is 28.0 Å². The van der Waals surface area contributed by atoms with Gasteiger partial charge < -0.3 is 10.2 Å². The topological polar surface area (TPSA) is 60.4 Å². The zero-order valence-corrected chi connectivity index (χ0v) is 15.6. The standard InChI is InChI=1S/C15H22O3.Zn/c1-14(2,3)9-7-10(13(17)18)12(16)11(8-9)15(4,5)6;/h7-8,16H,1-6H3,(H,17,18);/q;+2/p-1. The zero-order valence-electron chi connectivity index (χ0n) is 12.6. The average Bonchev–Trinajstić information content (AvgIpc) is 2.13. The summed E-state index contributed by atoms with van der Waals surface area (Å²) in [7, 11) is 0. The number of hydrogen-bond donors (Lipinski definition) is 1. The van der Waals surface area contributed by atoms with Crippen molar-refractivity contribution in [3.63, 3.8) is 0 Å². The monoisotopic (exact) mass is 313 g/mol. The SMILES string of the molecule is CC(C)(C)c1cc(C(=O)O)c([O-])c(C(C)(C)C)c1.[Zn+2]. The van der Waals surface area contributed by atoms with Crippen LogP contribution in [0.1, 0.15) is 63.0 Å². The molecule has 0 unspecified atom stereocenters. The van der Waals surface area contributed by atoms with Crippen LogP contribution in [0, 0.1) is 0 Å². The predicted octanol–water partition coefficient (Wildman–Crippen LogP) is 3.05. The van der Waals surface area contributed by atoms with Crippen molar-refractivity contribution in [2.45, 2.75) is 52.4 Å². The third-order valence-electron chi connectivity index (χ3n) is 2.99. The Bertz CT molecular complexity index is 479. The smallest absolute Gasteiger partial charge is 0.872 e. The van der Waals surface area contributed by atoms with E-state index in [-0.39, 0.29) is 41.6 Å². The average molecular weight is 315 g/mol. The number of rotatable bonds is 1. The van der Waals surface area contributed by atoms with E-state index < -0.39 is 5.97 Å². The maximum absolute atomic E-state index is 12.2. The van der Waals surface area contributed by atoms with Gasteiger partial charge in [0.05, 0.1) is 5.56 Å². The summed E-state index contributed by atoms with van der Waals surface area (Å²) in [5.41, 5.74) is 0.768. The van der Waals surface area contributed by atoms with Gasteiger partial charge in [0.2, 0.25) is 0 Å². The fourth-order valence-corrected chi connectivity index (χ4v) is 1.78. The molecule has 1 N–H and O–H groups in total. The van der Waals surface area contributed by atoms with E-state index in [1.54, 1.807) is 0 Å². The molecule has 0 aromatic heterocycles. The van der Waals surface area contributed by atoms with E-state index >= 15 is 0 Å². The maximum atomic E-state index is 12.2. The van der Waals surface area contributed by atoms with Gasteiger partial charge in [-0.3, -0.25) is 0 Å². The van der Waals surface area contributed by atoms with Gasteiger partial charge in [0, 0.05) is 0 Å². The molecule has 0 heterocycles. The fourth-order valence-electron chi connectivity index (χ4n) is 1.78. The summed E-state index contributed by atoms with van der Waals surface area (Å²) in [5, 5.41) is 21.3. The second kappa shape index (κ2) is 5.62. The van der Waals surface area contributed by atoms with Crippen molar-refractivity contribution < 1.29 is 34.5 Å². The van der Waals surface area contributed by atoms with Crippen LogP contribution in [0.3, 0.4) is 0 Å². The second-order valence-corrected chi connectivity index (χ2v) is 6.71. The fraction of sp³-hybridized carbons (Fsp3) is 0.533. The molecule has 1 aromatic carbocycles. The minimum atomic E-state index is -1.16. The number of aromatic carboxylic acids is 1. The molecule has 0 aliphatic rings. The van der Waals surface area contributed by atoms with Crippen molar-refractivity contribution in [3.05, 3.63) is 28.8 Å². The Hall–Kier alpha value is -0.887. The molecule has 0 spiro atoms. The quantitative estimate of drug-likeness (QED) is 0.810. The number of benzene rings is 1. The molecule has 3 nitrogen and oxygen atoms in total. The molecule has 19 heavy (non-hydrogen) atoms. The molecular weight excluding hydrogens is 294 g/mol. The first-order chi connectivity index (χ1) is 7.94. The van der Waals surface area contributed by atoms with E-state index in [9.17, 15) is 9.90 Å². The normalized spacial score (nSPS) is 11.9. The van der Waals surface area contributed by atoms with Crippen molar-refractivity contribution in [1.82, 2.24) is 0 Å². The Morgan fingerprint density at radius 2 is 1.53 bits per heavy atom. The zero-order chi connectivity index (χ0) is 14.3. The molecule has 100 valence electrons. The van der Waals surface area contributed by atoms with Gasteiger partial charge in [0.15, 0.2) is 0 Å². The van der Waals surface area contributed by atoms with Gasteiger partial charge in [-0.1, -0.05) is 53.4 Å². The predicted molar refractivity (Wildman–Crippen MR) is 70.2 cm³/mol. The van der Waals surface area contributed by atoms with Crippen LogP contribution in [-0.4, -0.2) is 11.1 Å². The van der Waals surface area contributed by atoms with E-state index in [0.29, 0.717) is 5.56 Å². The van der Waals surface area contributed by atoms with Crippen LogP contribution in [0.4, 0.5) is 0 Å². The van der Waals surface area contributed by atoms with Gasteiger partial charge in [-0.25, -0.2) is 4.79 Å². The number of carboxylic acids is 1. The van der Waals surface area contributed by atoms with Gasteiger partial charge in [-0.15, -0.1) is 0 Å². The molecule has 1 rings (SSSR count). The summed E-state index contributed by atoms with van der Waals surface area (Å²) >= 11 is 0. The minimum absolute atomic E-state index is 0. The molecule has 0 amide bonds. The Kier molecular flexibility index (Phi) is 5.36. The first kappa shape index (κ1) is 18.1. The van der Waals surface area contributed by atoms with Gasteiger partial charge in [-0.2, -0.15) is 0 Å². The van der Waals surface area contributed by atoms with Crippen molar-refractivity contribution in [1.29, 1.82) is 0 Å². The van der Waals surface area contributed by atoms with Gasteiger partial charge in [0.25, 0.3) is 0 Å². The van der Waals surface area contributed by atoms with Gasteiger partial charge in [0.1, 0.15) is 0 Å². The molecule has 0 saturated heterocycles. The van der Waals surface area contributed by atoms with Crippen LogP contribution in [-0.2, 0) is 30.3 Å². The van der Waals surface area contributed by atoms with E-state index in [4.69, 9.17) is 5.11 Å². The number of hydrogen-bond acceptors (Lipinski definition) is 2. The molecule has 1 aromatic rings. The Morgan fingerprint density at radius 1 is 1.05 bits per heavy atom. The Labute approximate surface area is 127 Å². The first-order valence-electron chi connectivity index (χ1n) is 6.04. The molecule has 0 radical (unpaired) electrons. The van der Waals surface area contributed by atoms with E-state index in [0.717, 1.165) is 5.56 Å². The molecule has 0 aliphatic carbocycles. The van der Waals surface area contributed by atoms with Crippen LogP contribution < -0.4 is 5.11 Å². The molecule has 4 heteroatoms. The second-order valence-electron chi connectivity index (χ2n) is 6.71. The van der Waals surface area contributed by atoms with E-state index in [1.165, 1.54) is 6.07 Å². The summed E-state index contributed by atoms with van der Waals surface area (Å²) in [6.07, 6.45) is 0. The maximum Gasteiger partial charge on any atom is 2.00 e. The van der Waals surface area contributed by atoms with Crippen LogP contribution in [0.5, 0.6) is 5.75 Å². The number of carboxylic acid groups (broad SMARTS) is 1. The largest absolute Gasteiger partial charge is 2.00 e. The molecule has 0 fully saturated rings. The molecule has 0 atom stereocenters. The molecule has 0 saturated carbocycles. The first-order valence-corrected chi connectivity index (χ1v) is 6.04. The van der Waals surface area contributed by atoms with Crippen molar-refractivity contribution in [3.8, 4) is 5.75 Å². The van der Waals surface area contributed by atoms with Gasteiger partial charge >= 0.3 is 25.4 Å². The minimum Gasteiger partial charge on any atom is -0.872 e. The van der Waals surface area contributed by atoms with E-state index in [2.05, 4.69) is 0 Å². The van der Waals surface area contributed by atoms with Crippen LogP contribution in [0.2, 0.25) is 0 Å². The molecule has 0 aliphatic heterocycles. The van der Waals surface area contributed by atoms with Crippen LogP contribution >= 0.6 is 0 Å². The number of carbonyl (C=O) groups is 1. The van der Waals surface area contributed by atoms with Crippen molar-refractivity contribution in [2.24, 2.45) is 0 Å². The third kappa shape index (κ3) is 4.04. The van der Waals surface area contributed by atoms with Crippen LogP contribution in [0.25, 0.3) is 0 Å². The summed E-state index contributed by atoms with van der Waals surface area (Å²) in [6, 6.07) is 3.34. The van der Waals surface area contributed by atoms with E-state index in [1.807, 2.05) is 47.6 Å². The Morgan fingerprint density at radius 3 is 1.84 bits per heavy atom. The Balaban J connectivity index is 0.00000324. The van der Waals surface area contributed by atoms with Crippen molar-refractivity contribution >= 4 is 5.97 Å². The summed E-state index contributed by atoms with van der Waals surface area (Å²) in [4.78, 5) is 11.2. The molecular formula is C15H21O3Zn+. The van der Waals surface area contributed by atoms with Crippen molar-refractivity contribution in [2.75, 3.05) is 0 Å². The summed E-state index contributed by atoms with van der Waals surface area (Å²) in [6.45, 7) is 11.8. The molecule has 0 bridgehead atoms. The third-order valence-corrected chi connectivity index (χ3v) is 2.99. The summed E-state index contributed by atoms with van der Waals surface area (Å²) in [5.74, 6) is -1.53.